The number of nitrogens with one attached hydrogen (secondary N) is 1. The molecule has 4 rings (SSSR count). The summed E-state index contributed by atoms with van der Waals surface area (Å²) in [6.07, 6.45) is 3.21. The van der Waals surface area contributed by atoms with Gasteiger partial charge in [-0.3, -0.25) is 9.59 Å². The van der Waals surface area contributed by atoms with Crippen LogP contribution < -0.4 is 10.2 Å². The molecular formula is C24H27ClN4O2S. The molecule has 0 spiro atoms. The number of fused-ring (bicyclic) bond motifs is 1. The lowest BCUT2D eigenvalue weighted by Crippen LogP contribution is -2.48. The molecule has 0 atom stereocenters. The Kier molecular flexibility index (Phi) is 7.60. The van der Waals surface area contributed by atoms with E-state index < -0.39 is 0 Å². The first-order chi connectivity index (χ1) is 15.6. The van der Waals surface area contributed by atoms with E-state index in [1.165, 1.54) is 0 Å². The molecule has 1 fully saturated rings. The van der Waals surface area contributed by atoms with Crippen LogP contribution >= 0.6 is 22.9 Å². The molecule has 3 aromatic rings. The molecule has 0 unspecified atom stereocenters. The van der Waals surface area contributed by atoms with Crippen molar-refractivity contribution in [1.82, 2.24) is 15.2 Å². The van der Waals surface area contributed by atoms with Gasteiger partial charge in [-0.2, -0.15) is 0 Å². The number of thiazole rings is 1. The van der Waals surface area contributed by atoms with Gasteiger partial charge >= 0.3 is 0 Å². The summed E-state index contributed by atoms with van der Waals surface area (Å²) in [5, 5.41) is 4.65. The minimum Gasteiger partial charge on any atom is -0.352 e. The van der Waals surface area contributed by atoms with Crippen molar-refractivity contribution in [1.29, 1.82) is 0 Å². The third-order valence-corrected chi connectivity index (χ3v) is 6.95. The molecule has 1 saturated heterocycles. The van der Waals surface area contributed by atoms with Gasteiger partial charge in [-0.1, -0.05) is 47.6 Å². The van der Waals surface area contributed by atoms with E-state index in [1.54, 1.807) is 23.5 Å². The smallest absolute Gasteiger partial charge is 0.251 e. The van der Waals surface area contributed by atoms with Crippen LogP contribution in [0.25, 0.3) is 10.2 Å². The van der Waals surface area contributed by atoms with E-state index in [2.05, 4.69) is 10.2 Å². The molecule has 0 radical (unpaired) electrons. The molecular weight excluding hydrogens is 444 g/mol. The first-order valence-electron chi connectivity index (χ1n) is 11.0. The van der Waals surface area contributed by atoms with Crippen molar-refractivity contribution in [2.24, 2.45) is 0 Å². The Morgan fingerprint density at radius 1 is 1.00 bits per heavy atom. The predicted octanol–water partition coefficient (Wildman–Crippen LogP) is 4.59. The van der Waals surface area contributed by atoms with Crippen LogP contribution in [0.1, 0.15) is 36.0 Å². The number of unbranched alkanes of at least 4 members (excludes halogenated alkanes) is 2. The van der Waals surface area contributed by atoms with Gasteiger partial charge in [0.05, 0.1) is 10.2 Å². The van der Waals surface area contributed by atoms with E-state index in [4.69, 9.17) is 16.6 Å². The maximum Gasteiger partial charge on any atom is 0.251 e. The van der Waals surface area contributed by atoms with E-state index in [1.807, 2.05) is 41.3 Å². The molecule has 32 heavy (non-hydrogen) atoms. The number of amides is 2. The molecule has 2 amide bonds. The molecule has 0 aliphatic carbocycles. The number of rotatable bonds is 8. The van der Waals surface area contributed by atoms with Crippen molar-refractivity contribution in [3.05, 3.63) is 59.1 Å². The van der Waals surface area contributed by atoms with Crippen LogP contribution in [0.4, 0.5) is 5.13 Å². The number of carbonyl (C=O) groups excluding carboxylic acids is 2. The molecule has 168 valence electrons. The van der Waals surface area contributed by atoms with Crippen LogP contribution in [0.3, 0.4) is 0 Å². The van der Waals surface area contributed by atoms with Gasteiger partial charge in [-0.25, -0.2) is 4.98 Å². The summed E-state index contributed by atoms with van der Waals surface area (Å²) in [5.41, 5.74) is 1.64. The van der Waals surface area contributed by atoms with Crippen molar-refractivity contribution in [3.8, 4) is 0 Å². The summed E-state index contributed by atoms with van der Waals surface area (Å²) in [4.78, 5) is 33.5. The number of hydrogen-bond acceptors (Lipinski definition) is 5. The standard InChI is InChI=1S/C24H27ClN4O2S/c25-19-10-11-20-21(17-19)32-24(27-20)29-15-13-28(14-16-29)22(30)9-5-2-6-12-26-23(31)18-7-3-1-4-8-18/h1,3-4,7-8,10-11,17H,2,5-6,9,12-16H2,(H,26,31). The normalized spacial score (nSPS) is 14.0. The van der Waals surface area contributed by atoms with Gasteiger partial charge in [0.25, 0.3) is 5.91 Å². The second-order valence-electron chi connectivity index (χ2n) is 7.91. The second-order valence-corrected chi connectivity index (χ2v) is 9.35. The number of hydrogen-bond donors (Lipinski definition) is 1. The van der Waals surface area contributed by atoms with Crippen LogP contribution in [0.5, 0.6) is 0 Å². The number of benzene rings is 2. The van der Waals surface area contributed by atoms with Crippen LogP contribution in [0.15, 0.2) is 48.5 Å². The Morgan fingerprint density at radius 2 is 1.78 bits per heavy atom. The molecule has 1 N–H and O–H groups in total. The van der Waals surface area contributed by atoms with Crippen molar-refractivity contribution in [3.63, 3.8) is 0 Å². The summed E-state index contributed by atoms with van der Waals surface area (Å²) < 4.78 is 1.09. The lowest BCUT2D eigenvalue weighted by atomic mass is 10.1. The Hall–Kier alpha value is -2.64. The number of aromatic nitrogens is 1. The summed E-state index contributed by atoms with van der Waals surface area (Å²) in [6.45, 7) is 3.68. The molecule has 2 aromatic carbocycles. The van der Waals surface area contributed by atoms with Gasteiger partial charge < -0.3 is 15.1 Å². The van der Waals surface area contributed by atoms with Crippen molar-refractivity contribution < 1.29 is 9.59 Å². The Bertz CT molecular complexity index is 1060. The first kappa shape index (κ1) is 22.6. The van der Waals surface area contributed by atoms with E-state index >= 15 is 0 Å². The van der Waals surface area contributed by atoms with Gasteiger partial charge in [0.15, 0.2) is 5.13 Å². The van der Waals surface area contributed by atoms with E-state index in [9.17, 15) is 9.59 Å². The number of piperazine rings is 1. The first-order valence-corrected chi connectivity index (χ1v) is 12.2. The minimum absolute atomic E-state index is 0.0456. The molecule has 1 aliphatic heterocycles. The highest BCUT2D eigenvalue weighted by molar-refractivity contribution is 7.22. The molecule has 2 heterocycles. The average molecular weight is 471 g/mol. The highest BCUT2D eigenvalue weighted by Gasteiger charge is 2.22. The third-order valence-electron chi connectivity index (χ3n) is 5.63. The zero-order chi connectivity index (χ0) is 22.3. The molecule has 0 saturated carbocycles. The molecule has 1 aliphatic rings. The Labute approximate surface area is 197 Å². The molecule has 8 heteroatoms. The van der Waals surface area contributed by atoms with Gasteiger partial charge in [-0.05, 0) is 43.2 Å². The second kappa shape index (κ2) is 10.8. The number of carbonyl (C=O) groups is 2. The Morgan fingerprint density at radius 3 is 2.56 bits per heavy atom. The Balaban J connectivity index is 1.13. The van der Waals surface area contributed by atoms with Crippen LogP contribution in [0.2, 0.25) is 5.02 Å². The zero-order valence-corrected chi connectivity index (χ0v) is 19.5. The van der Waals surface area contributed by atoms with Crippen LogP contribution in [-0.4, -0.2) is 54.4 Å². The minimum atomic E-state index is -0.0456. The summed E-state index contributed by atoms with van der Waals surface area (Å²) >= 11 is 7.73. The van der Waals surface area contributed by atoms with Crippen molar-refractivity contribution in [2.45, 2.75) is 25.7 Å². The predicted molar refractivity (Wildman–Crippen MR) is 131 cm³/mol. The number of halogens is 1. The van der Waals surface area contributed by atoms with Crippen molar-refractivity contribution >= 4 is 50.1 Å². The fourth-order valence-electron chi connectivity index (χ4n) is 3.80. The summed E-state index contributed by atoms with van der Waals surface area (Å²) in [6, 6.07) is 15.0. The average Bonchev–Trinajstić information content (AvgIpc) is 3.25. The highest BCUT2D eigenvalue weighted by atomic mass is 35.5. The molecule has 0 bridgehead atoms. The maximum absolute atomic E-state index is 12.6. The fourth-order valence-corrected chi connectivity index (χ4v) is 5.09. The fraction of sp³-hybridized carbons (Fsp3) is 0.375. The van der Waals surface area contributed by atoms with Gasteiger partial charge in [0, 0.05) is 49.7 Å². The van der Waals surface area contributed by atoms with Gasteiger partial charge in [0.2, 0.25) is 5.91 Å². The monoisotopic (exact) mass is 470 g/mol. The highest BCUT2D eigenvalue weighted by Crippen LogP contribution is 2.31. The van der Waals surface area contributed by atoms with E-state index in [0.29, 0.717) is 18.5 Å². The maximum atomic E-state index is 12.6. The molecule has 1 aromatic heterocycles. The molecule has 6 nitrogen and oxygen atoms in total. The van der Waals surface area contributed by atoms with Gasteiger partial charge in [0.1, 0.15) is 0 Å². The summed E-state index contributed by atoms with van der Waals surface area (Å²) in [5.74, 6) is 0.171. The zero-order valence-electron chi connectivity index (χ0n) is 17.9. The van der Waals surface area contributed by atoms with Crippen LogP contribution in [0, 0.1) is 0 Å². The topological polar surface area (TPSA) is 65.5 Å². The van der Waals surface area contributed by atoms with Crippen molar-refractivity contribution in [2.75, 3.05) is 37.6 Å². The summed E-state index contributed by atoms with van der Waals surface area (Å²) in [7, 11) is 0. The van der Waals surface area contributed by atoms with Gasteiger partial charge in [-0.15, -0.1) is 0 Å². The lowest BCUT2D eigenvalue weighted by Gasteiger charge is -2.34. The number of nitrogens with zero attached hydrogens (tertiary/aromatic N) is 3. The quantitative estimate of drug-likeness (QED) is 0.489. The largest absolute Gasteiger partial charge is 0.352 e. The number of anilines is 1. The van der Waals surface area contributed by atoms with Crippen LogP contribution in [-0.2, 0) is 4.79 Å². The van der Waals surface area contributed by atoms with E-state index in [-0.39, 0.29) is 11.8 Å². The van der Waals surface area contributed by atoms with E-state index in [0.717, 1.165) is 65.8 Å². The third kappa shape index (κ3) is 5.78. The SMILES string of the molecule is O=C(NCCCCCC(=O)N1CCN(c2nc3ccc(Cl)cc3s2)CC1)c1ccccc1. The lowest BCUT2D eigenvalue weighted by molar-refractivity contribution is -0.131.